The Morgan fingerprint density at radius 2 is 1.94 bits per heavy atom. The summed E-state index contributed by atoms with van der Waals surface area (Å²) in [4.78, 5) is 11.3. The maximum atomic E-state index is 14.5. The normalized spacial score (nSPS) is 18.5. The molecule has 0 saturated heterocycles. The standard InChI is InChI=1S/C14H17FO2/c1-13(2,12(16)17)10-6-3-4-7-11(10)14(15)8-5-9-14/h3-4,6-7H,5,8-9H2,1-2H3,(H,16,17). The smallest absolute Gasteiger partial charge is 0.313 e. The second-order valence-electron chi connectivity index (χ2n) is 5.29. The van der Waals surface area contributed by atoms with Crippen molar-refractivity contribution in [2.24, 2.45) is 0 Å². The average Bonchev–Trinajstić information content (AvgIpc) is 2.25. The molecule has 2 nitrogen and oxygen atoms in total. The van der Waals surface area contributed by atoms with Crippen LogP contribution in [0, 0.1) is 0 Å². The van der Waals surface area contributed by atoms with E-state index in [0.717, 1.165) is 6.42 Å². The second-order valence-corrected chi connectivity index (χ2v) is 5.29. The van der Waals surface area contributed by atoms with Crippen LogP contribution in [0.2, 0.25) is 0 Å². The number of halogens is 1. The minimum Gasteiger partial charge on any atom is -0.481 e. The first kappa shape index (κ1) is 12.1. The van der Waals surface area contributed by atoms with Crippen molar-refractivity contribution < 1.29 is 14.3 Å². The van der Waals surface area contributed by atoms with Gasteiger partial charge in [0.1, 0.15) is 5.67 Å². The van der Waals surface area contributed by atoms with Crippen molar-refractivity contribution in [1.82, 2.24) is 0 Å². The van der Waals surface area contributed by atoms with Crippen LogP contribution in [0.5, 0.6) is 0 Å². The van der Waals surface area contributed by atoms with Crippen molar-refractivity contribution >= 4 is 5.97 Å². The molecule has 1 saturated carbocycles. The minimum atomic E-state index is -1.32. The van der Waals surface area contributed by atoms with Crippen molar-refractivity contribution in [1.29, 1.82) is 0 Å². The lowest BCUT2D eigenvalue weighted by Gasteiger charge is -2.38. The SMILES string of the molecule is CC(C)(C(=O)O)c1ccccc1C1(F)CCC1. The number of hydrogen-bond acceptors (Lipinski definition) is 1. The van der Waals surface area contributed by atoms with E-state index in [0.29, 0.717) is 24.0 Å². The Hall–Kier alpha value is -1.38. The molecule has 0 radical (unpaired) electrons. The summed E-state index contributed by atoms with van der Waals surface area (Å²) in [7, 11) is 0. The first-order valence-corrected chi connectivity index (χ1v) is 5.90. The molecule has 0 heterocycles. The Morgan fingerprint density at radius 1 is 1.35 bits per heavy atom. The van der Waals surface area contributed by atoms with E-state index in [1.54, 1.807) is 38.1 Å². The third kappa shape index (κ3) is 1.84. The Morgan fingerprint density at radius 3 is 2.41 bits per heavy atom. The molecular weight excluding hydrogens is 219 g/mol. The van der Waals surface area contributed by atoms with Crippen LogP contribution in [-0.2, 0) is 15.9 Å². The summed E-state index contributed by atoms with van der Waals surface area (Å²) in [6.07, 6.45) is 1.87. The fourth-order valence-corrected chi connectivity index (χ4v) is 2.29. The van der Waals surface area contributed by atoms with Crippen molar-refractivity contribution in [3.05, 3.63) is 35.4 Å². The van der Waals surface area contributed by atoms with Crippen LogP contribution < -0.4 is 0 Å². The molecule has 3 heteroatoms. The second kappa shape index (κ2) is 3.83. The Labute approximate surface area is 100 Å². The zero-order chi connectivity index (χ0) is 12.7. The lowest BCUT2D eigenvalue weighted by Crippen LogP contribution is -2.36. The number of carbonyl (C=O) groups is 1. The monoisotopic (exact) mass is 236 g/mol. The van der Waals surface area contributed by atoms with Crippen LogP contribution in [0.15, 0.2) is 24.3 Å². The van der Waals surface area contributed by atoms with Gasteiger partial charge < -0.3 is 5.11 Å². The summed E-state index contributed by atoms with van der Waals surface area (Å²) in [5.41, 5.74) is -1.22. The van der Waals surface area contributed by atoms with Gasteiger partial charge in [0.05, 0.1) is 5.41 Å². The summed E-state index contributed by atoms with van der Waals surface area (Å²) < 4.78 is 14.5. The number of hydrogen-bond donors (Lipinski definition) is 1. The Kier molecular flexibility index (Phi) is 2.72. The van der Waals surface area contributed by atoms with Crippen LogP contribution in [0.3, 0.4) is 0 Å². The molecule has 0 amide bonds. The fraction of sp³-hybridized carbons (Fsp3) is 0.500. The number of rotatable bonds is 3. The zero-order valence-electron chi connectivity index (χ0n) is 10.2. The van der Waals surface area contributed by atoms with Crippen molar-refractivity contribution in [2.45, 2.75) is 44.2 Å². The van der Waals surface area contributed by atoms with E-state index in [1.165, 1.54) is 0 Å². The lowest BCUT2D eigenvalue weighted by molar-refractivity contribution is -0.142. The first-order valence-electron chi connectivity index (χ1n) is 5.90. The Bertz CT molecular complexity index is 447. The number of alkyl halides is 1. The molecule has 0 spiro atoms. The minimum absolute atomic E-state index is 0.500. The van der Waals surface area contributed by atoms with Crippen LogP contribution >= 0.6 is 0 Å². The lowest BCUT2D eigenvalue weighted by atomic mass is 9.70. The van der Waals surface area contributed by atoms with E-state index in [-0.39, 0.29) is 0 Å². The predicted molar refractivity (Wildman–Crippen MR) is 63.7 cm³/mol. The molecular formula is C14H17FO2. The van der Waals surface area contributed by atoms with Gasteiger partial charge in [-0.2, -0.15) is 0 Å². The molecule has 0 aliphatic heterocycles. The van der Waals surface area contributed by atoms with E-state index in [2.05, 4.69) is 0 Å². The van der Waals surface area contributed by atoms with Crippen LogP contribution in [-0.4, -0.2) is 11.1 Å². The van der Waals surface area contributed by atoms with Gasteiger partial charge in [-0.1, -0.05) is 24.3 Å². The number of carboxylic acid groups (broad SMARTS) is 1. The number of carboxylic acids is 1. The highest BCUT2D eigenvalue weighted by Crippen LogP contribution is 2.48. The van der Waals surface area contributed by atoms with Gasteiger partial charge >= 0.3 is 5.97 Å². The highest BCUT2D eigenvalue weighted by atomic mass is 19.1. The van der Waals surface area contributed by atoms with Crippen molar-refractivity contribution in [3.63, 3.8) is 0 Å². The molecule has 17 heavy (non-hydrogen) atoms. The van der Waals surface area contributed by atoms with E-state index in [9.17, 15) is 14.3 Å². The molecule has 0 atom stereocenters. The first-order chi connectivity index (χ1) is 7.88. The topological polar surface area (TPSA) is 37.3 Å². The molecule has 1 aliphatic carbocycles. The van der Waals surface area contributed by atoms with Gasteiger partial charge in [-0.15, -0.1) is 0 Å². The van der Waals surface area contributed by atoms with Crippen LogP contribution in [0.25, 0.3) is 0 Å². The molecule has 0 unspecified atom stereocenters. The molecule has 0 aromatic heterocycles. The maximum absolute atomic E-state index is 14.5. The largest absolute Gasteiger partial charge is 0.481 e. The quantitative estimate of drug-likeness (QED) is 0.873. The number of aliphatic carboxylic acids is 1. The van der Waals surface area contributed by atoms with E-state index in [4.69, 9.17) is 0 Å². The summed E-state index contributed by atoms with van der Waals surface area (Å²) in [6.45, 7) is 3.24. The van der Waals surface area contributed by atoms with Gasteiger partial charge in [-0.3, -0.25) is 4.79 Å². The molecule has 1 aromatic carbocycles. The molecule has 0 bridgehead atoms. The molecule has 1 aliphatic rings. The van der Waals surface area contributed by atoms with Gasteiger partial charge in [0.2, 0.25) is 0 Å². The maximum Gasteiger partial charge on any atom is 0.313 e. The molecule has 1 aromatic rings. The van der Waals surface area contributed by atoms with Gasteiger partial charge in [-0.05, 0) is 44.2 Å². The van der Waals surface area contributed by atoms with Gasteiger partial charge in [0.25, 0.3) is 0 Å². The molecule has 1 fully saturated rings. The highest BCUT2D eigenvalue weighted by Gasteiger charge is 2.43. The highest BCUT2D eigenvalue weighted by molar-refractivity contribution is 5.81. The number of benzene rings is 1. The van der Waals surface area contributed by atoms with Gasteiger partial charge in [0.15, 0.2) is 0 Å². The van der Waals surface area contributed by atoms with Gasteiger partial charge in [-0.25, -0.2) is 4.39 Å². The van der Waals surface area contributed by atoms with E-state index in [1.807, 2.05) is 0 Å². The average molecular weight is 236 g/mol. The molecule has 1 N–H and O–H groups in total. The van der Waals surface area contributed by atoms with E-state index < -0.39 is 17.1 Å². The third-order valence-corrected chi connectivity index (χ3v) is 3.76. The summed E-state index contributed by atoms with van der Waals surface area (Å²) in [5.74, 6) is -0.923. The van der Waals surface area contributed by atoms with Gasteiger partial charge in [0, 0.05) is 0 Å². The van der Waals surface area contributed by atoms with Crippen LogP contribution in [0.4, 0.5) is 4.39 Å². The summed E-state index contributed by atoms with van der Waals surface area (Å²) in [5, 5.41) is 9.25. The third-order valence-electron chi connectivity index (χ3n) is 3.76. The van der Waals surface area contributed by atoms with Crippen molar-refractivity contribution in [3.8, 4) is 0 Å². The zero-order valence-corrected chi connectivity index (χ0v) is 10.2. The van der Waals surface area contributed by atoms with Crippen molar-refractivity contribution in [2.75, 3.05) is 0 Å². The van der Waals surface area contributed by atoms with E-state index >= 15 is 0 Å². The Balaban J connectivity index is 2.51. The predicted octanol–water partition coefficient (Wildman–Crippen LogP) is 3.40. The molecule has 2 rings (SSSR count). The molecule has 92 valence electrons. The van der Waals surface area contributed by atoms with Crippen LogP contribution in [0.1, 0.15) is 44.2 Å². The summed E-state index contributed by atoms with van der Waals surface area (Å²) in [6, 6.07) is 6.99. The fourth-order valence-electron chi connectivity index (χ4n) is 2.29. The summed E-state index contributed by atoms with van der Waals surface area (Å²) >= 11 is 0.